The third-order valence-electron chi connectivity index (χ3n) is 14.5. The summed E-state index contributed by atoms with van der Waals surface area (Å²) in [5.41, 5.74) is 43.6. The number of rotatable bonds is 21. The molecule has 0 radical (unpaired) electrons. The number of carbonyl (C=O) groups excluding carboxylic acids is 2. The first-order valence-electron chi connectivity index (χ1n) is 27.0. The van der Waals surface area contributed by atoms with E-state index in [-0.39, 0.29) is 11.8 Å². The minimum atomic E-state index is -0.0844. The van der Waals surface area contributed by atoms with Crippen molar-refractivity contribution in [2.24, 2.45) is 0 Å². The van der Waals surface area contributed by atoms with Crippen molar-refractivity contribution in [3.05, 3.63) is 180 Å². The van der Waals surface area contributed by atoms with Crippen molar-refractivity contribution >= 4 is 90.1 Å². The van der Waals surface area contributed by atoms with Crippen LogP contribution in [0.3, 0.4) is 0 Å². The van der Waals surface area contributed by atoms with Crippen LogP contribution in [-0.2, 0) is 0 Å². The molecular formula is C64H68N12O2+2. The molecule has 0 fully saturated rings. The molecule has 0 atom stereocenters. The number of nitrogens with two attached hydrogens (primary N) is 4. The van der Waals surface area contributed by atoms with Crippen molar-refractivity contribution in [2.45, 2.75) is 65.2 Å². The predicted octanol–water partition coefficient (Wildman–Crippen LogP) is 11.1. The number of nitrogen functional groups attached to an aromatic ring is 4. The molecule has 2 amide bonds. The Labute approximate surface area is 454 Å². The molecule has 2 aromatic heterocycles. The van der Waals surface area contributed by atoms with Gasteiger partial charge in [0.25, 0.3) is 11.8 Å². The molecule has 10 rings (SSSR count). The Morgan fingerprint density at radius 2 is 0.731 bits per heavy atom. The van der Waals surface area contributed by atoms with Crippen molar-refractivity contribution in [3.8, 4) is 22.5 Å². The summed E-state index contributed by atoms with van der Waals surface area (Å²) >= 11 is 0. The Hall–Kier alpha value is -9.30. The Morgan fingerprint density at radius 3 is 1.12 bits per heavy atom. The lowest BCUT2D eigenvalue weighted by Crippen LogP contribution is -2.33. The van der Waals surface area contributed by atoms with Gasteiger partial charge in [-0.1, -0.05) is 86.3 Å². The number of carbonyl (C=O) groups is 2. The Balaban J connectivity index is 0.622. The number of anilines is 6. The lowest BCUT2D eigenvalue weighted by atomic mass is 10.0. The van der Waals surface area contributed by atoms with Crippen LogP contribution in [0.4, 0.5) is 34.1 Å². The summed E-state index contributed by atoms with van der Waals surface area (Å²) in [4.78, 5) is 36.0. The molecular weight excluding hydrogens is 969 g/mol. The van der Waals surface area contributed by atoms with Crippen molar-refractivity contribution in [3.63, 3.8) is 0 Å². The zero-order valence-corrected chi connectivity index (χ0v) is 44.4. The summed E-state index contributed by atoms with van der Waals surface area (Å²) < 4.78 is 4.38. The molecule has 2 heterocycles. The molecule has 8 aromatic carbocycles. The summed E-state index contributed by atoms with van der Waals surface area (Å²) in [5.74, 6) is -0.169. The zero-order valence-electron chi connectivity index (χ0n) is 44.4. The van der Waals surface area contributed by atoms with Gasteiger partial charge in [0.2, 0.25) is 33.4 Å². The number of amides is 2. The number of para-hydroxylation sites is 2. The fourth-order valence-corrected chi connectivity index (χ4v) is 10.2. The number of hydrogen-bond acceptors (Lipinski definition) is 10. The third-order valence-corrected chi connectivity index (χ3v) is 14.5. The molecule has 78 heavy (non-hydrogen) atoms. The Bertz CT molecular complexity index is 3550. The van der Waals surface area contributed by atoms with Gasteiger partial charge in [-0.3, -0.25) is 9.59 Å². The van der Waals surface area contributed by atoms with Crippen LogP contribution < -0.4 is 53.3 Å². The largest absolute Gasteiger partial charge is 0.397 e. The highest BCUT2D eigenvalue weighted by Crippen LogP contribution is 2.30. The molecule has 0 spiro atoms. The Morgan fingerprint density at radius 1 is 0.397 bits per heavy atom. The molecule has 12 N–H and O–H groups in total. The summed E-state index contributed by atoms with van der Waals surface area (Å²) in [6.45, 7) is 7.09. The maximum Gasteiger partial charge on any atom is 0.251 e. The van der Waals surface area contributed by atoms with Crippen LogP contribution in [0, 0.1) is 13.8 Å². The average molecular weight is 1040 g/mol. The summed E-state index contributed by atoms with van der Waals surface area (Å²) in [5, 5.41) is 13.5. The van der Waals surface area contributed by atoms with Crippen molar-refractivity contribution in [1.82, 2.24) is 20.6 Å². The van der Waals surface area contributed by atoms with E-state index < -0.39 is 0 Å². The quantitative estimate of drug-likeness (QED) is 0.0147. The van der Waals surface area contributed by atoms with Crippen molar-refractivity contribution in [1.29, 1.82) is 0 Å². The number of nitrogens with zero attached hydrogens (tertiary/aromatic N) is 4. The minimum absolute atomic E-state index is 0.0844. The van der Waals surface area contributed by atoms with Gasteiger partial charge in [-0.25, -0.2) is 9.97 Å². The summed E-state index contributed by atoms with van der Waals surface area (Å²) in [6, 6.07) is 51.7. The molecule has 394 valence electrons. The van der Waals surface area contributed by atoms with Crippen LogP contribution in [0.5, 0.6) is 0 Å². The van der Waals surface area contributed by atoms with Gasteiger partial charge in [-0.15, -0.1) is 9.13 Å². The number of hydrogen-bond donors (Lipinski definition) is 8. The topological polar surface area (TPSA) is 220 Å². The van der Waals surface area contributed by atoms with E-state index in [1.165, 1.54) is 0 Å². The van der Waals surface area contributed by atoms with Crippen LogP contribution in [0.15, 0.2) is 158 Å². The van der Waals surface area contributed by atoms with E-state index in [2.05, 4.69) is 92.8 Å². The number of aryl methyl sites for hydroxylation is 2. The van der Waals surface area contributed by atoms with Gasteiger partial charge in [0, 0.05) is 97.2 Å². The second kappa shape index (κ2) is 23.7. The summed E-state index contributed by atoms with van der Waals surface area (Å²) in [6.07, 6.45) is 7.89. The standard InChI is InChI=1S/C64H66N12O2/c1-41-33-55-61(75(47-17-9-7-10-18-47)59-37-51(67)49(65)35-57(59)73-55)39-53(41)69-29-13-3-5-15-31-71-63(77)45-25-21-43(22-26-45)44-23-27-46(28-24-44)64(78)72-32-16-6-4-14-30-70-54-40-62-56(34-42(54)2)74-58-36-50(66)52(68)38-60(58)76(62)48-19-11-8-12-20-48/h7-12,17-28,33-40H,3-6,13-16,29-32H2,1-2H3,(H10,65,66,67,68,69,70,71,72,73,74,77,78)/p+2. The lowest BCUT2D eigenvalue weighted by Gasteiger charge is -2.12. The van der Waals surface area contributed by atoms with E-state index in [0.29, 0.717) is 47.0 Å². The second-order valence-electron chi connectivity index (χ2n) is 20.2. The van der Waals surface area contributed by atoms with E-state index in [0.717, 1.165) is 154 Å². The zero-order chi connectivity index (χ0) is 54.1. The highest BCUT2D eigenvalue weighted by molar-refractivity contribution is 5.96. The van der Waals surface area contributed by atoms with E-state index in [9.17, 15) is 9.59 Å². The van der Waals surface area contributed by atoms with Gasteiger partial charge in [-0.05, 0) is 110 Å². The molecule has 0 aliphatic rings. The molecule has 0 saturated carbocycles. The molecule has 0 saturated heterocycles. The minimum Gasteiger partial charge on any atom is -0.397 e. The molecule has 14 heteroatoms. The average Bonchev–Trinajstić information content (AvgIpc) is 3.60. The normalized spacial score (nSPS) is 11.4. The third kappa shape index (κ3) is 11.7. The maximum absolute atomic E-state index is 13.0. The molecule has 0 aliphatic heterocycles. The van der Waals surface area contributed by atoms with Gasteiger partial charge in [0.05, 0.1) is 22.7 Å². The monoisotopic (exact) mass is 1040 g/mol. The van der Waals surface area contributed by atoms with Gasteiger partial charge >= 0.3 is 0 Å². The van der Waals surface area contributed by atoms with Crippen LogP contribution in [-0.4, -0.2) is 48.0 Å². The van der Waals surface area contributed by atoms with E-state index in [1.807, 2.05) is 109 Å². The predicted molar refractivity (Wildman–Crippen MR) is 319 cm³/mol. The first-order valence-corrected chi connectivity index (χ1v) is 27.0. The van der Waals surface area contributed by atoms with Crippen LogP contribution in [0.25, 0.3) is 66.6 Å². The smallest absolute Gasteiger partial charge is 0.251 e. The molecule has 0 unspecified atom stereocenters. The van der Waals surface area contributed by atoms with Crippen LogP contribution >= 0.6 is 0 Å². The number of nitrogens with one attached hydrogen (secondary N) is 4. The second-order valence-corrected chi connectivity index (χ2v) is 20.2. The highest BCUT2D eigenvalue weighted by Gasteiger charge is 2.24. The molecule has 0 bridgehead atoms. The van der Waals surface area contributed by atoms with E-state index in [1.54, 1.807) is 0 Å². The van der Waals surface area contributed by atoms with Gasteiger partial charge in [0.1, 0.15) is 22.1 Å². The Kier molecular flexibility index (Phi) is 15.9. The SMILES string of the molecule is Cc1cc2nc3cc(N)c(N)cc3[n+](-c3ccccc3)c2cc1NCCCCCCNC(=O)c1ccc(-c2ccc(C(=O)NCCCCCCNc3cc4c(cc3C)nc3cc(N)c(N)cc3[n+]4-c3ccccc3)cc2)cc1. The lowest BCUT2D eigenvalue weighted by molar-refractivity contribution is -0.538. The first kappa shape index (κ1) is 52.2. The van der Waals surface area contributed by atoms with Crippen molar-refractivity contribution in [2.75, 3.05) is 59.7 Å². The van der Waals surface area contributed by atoms with Gasteiger partial charge in [-0.2, -0.15) is 0 Å². The first-order chi connectivity index (χ1) is 38.0. The fraction of sp³-hybridized carbons (Fsp3) is 0.219. The number of unbranched alkanes of at least 4 members (excludes halogenated alkanes) is 6. The van der Waals surface area contributed by atoms with Crippen LogP contribution in [0.2, 0.25) is 0 Å². The number of aromatic nitrogens is 4. The number of benzene rings is 8. The summed E-state index contributed by atoms with van der Waals surface area (Å²) in [7, 11) is 0. The van der Waals surface area contributed by atoms with Gasteiger partial charge < -0.3 is 44.2 Å². The maximum atomic E-state index is 13.0. The van der Waals surface area contributed by atoms with E-state index in [4.69, 9.17) is 32.9 Å². The van der Waals surface area contributed by atoms with Crippen molar-refractivity contribution < 1.29 is 18.7 Å². The molecule has 14 nitrogen and oxygen atoms in total. The van der Waals surface area contributed by atoms with Gasteiger partial charge in [0.15, 0.2) is 0 Å². The molecule has 10 aromatic rings. The fourth-order valence-electron chi connectivity index (χ4n) is 10.2. The van der Waals surface area contributed by atoms with Crippen LogP contribution in [0.1, 0.15) is 83.2 Å². The molecule has 0 aliphatic carbocycles. The number of fused-ring (bicyclic) bond motifs is 4. The highest BCUT2D eigenvalue weighted by atomic mass is 16.2. The van der Waals surface area contributed by atoms with E-state index >= 15 is 0 Å².